The molecule has 55 heavy (non-hydrogen) atoms. The molecule has 0 saturated carbocycles. The Bertz CT molecular complexity index is 1020. The highest BCUT2D eigenvalue weighted by Gasteiger charge is 2.20. The largest absolute Gasteiger partial charge is 0.756 e. The van der Waals surface area contributed by atoms with Crippen molar-refractivity contribution in [2.24, 2.45) is 0 Å². The predicted molar refractivity (Wildman–Crippen MR) is 231 cm³/mol. The summed E-state index contributed by atoms with van der Waals surface area (Å²) in [5, 5.41) is 0. The number of carbonyl (C=O) groups excluding carboxylic acids is 1. The topological polar surface area (TPSA) is 94.1 Å². The molecule has 0 aromatic heterocycles. The molecule has 0 aromatic carbocycles. The van der Waals surface area contributed by atoms with E-state index in [1.165, 1.54) is 116 Å². The second kappa shape index (κ2) is 39.3. The van der Waals surface area contributed by atoms with Crippen LogP contribution in [0.25, 0.3) is 0 Å². The average Bonchev–Trinajstić information content (AvgIpc) is 3.13. The Labute approximate surface area is 339 Å². The van der Waals surface area contributed by atoms with E-state index in [0.717, 1.165) is 38.5 Å². The molecule has 0 fully saturated rings. The number of nitrogens with zero attached hydrogens (tertiary/aromatic N) is 1. The summed E-state index contributed by atoms with van der Waals surface area (Å²) in [6.07, 6.45) is 47.0. The average molecular weight is 796 g/mol. The monoisotopic (exact) mass is 796 g/mol. The molecule has 0 aliphatic carbocycles. The van der Waals surface area contributed by atoms with E-state index in [0.29, 0.717) is 24.1 Å². The third-order valence-corrected chi connectivity index (χ3v) is 10.3. The van der Waals surface area contributed by atoms with Gasteiger partial charge in [0.2, 0.25) is 0 Å². The molecule has 2 atom stereocenters. The number of quaternary nitrogens is 1. The molecule has 0 heterocycles. The van der Waals surface area contributed by atoms with Gasteiger partial charge in [0.15, 0.2) is 0 Å². The highest BCUT2D eigenvalue weighted by molar-refractivity contribution is 7.45. The number of hydrogen-bond acceptors (Lipinski definition) is 7. The quantitative estimate of drug-likeness (QED) is 0.0200. The Balaban J connectivity index is 4.32. The summed E-state index contributed by atoms with van der Waals surface area (Å²) in [6, 6.07) is 0. The fraction of sp³-hybridized carbons (Fsp3) is 0.804. The van der Waals surface area contributed by atoms with Gasteiger partial charge in [-0.05, 0) is 51.4 Å². The van der Waals surface area contributed by atoms with Crippen molar-refractivity contribution in [2.75, 3.05) is 54.1 Å². The second-order valence-electron chi connectivity index (χ2n) is 16.1. The first-order chi connectivity index (χ1) is 26.6. The van der Waals surface area contributed by atoms with E-state index in [-0.39, 0.29) is 32.2 Å². The van der Waals surface area contributed by atoms with E-state index in [9.17, 15) is 14.3 Å². The minimum atomic E-state index is -4.54. The van der Waals surface area contributed by atoms with Gasteiger partial charge in [0.1, 0.15) is 19.3 Å². The molecule has 0 aliphatic heterocycles. The van der Waals surface area contributed by atoms with Gasteiger partial charge in [0.05, 0.1) is 34.4 Å². The summed E-state index contributed by atoms with van der Waals surface area (Å²) in [5.74, 6) is -0.387. The first-order valence-electron chi connectivity index (χ1n) is 22.4. The van der Waals surface area contributed by atoms with Gasteiger partial charge in [-0.1, -0.05) is 172 Å². The third kappa shape index (κ3) is 43.4. The fourth-order valence-electron chi connectivity index (χ4n) is 5.89. The number of rotatable bonds is 41. The number of phosphoric ester groups is 1. The highest BCUT2D eigenvalue weighted by Crippen LogP contribution is 2.38. The Hall–Kier alpha value is -1.54. The van der Waals surface area contributed by atoms with Gasteiger partial charge in [-0.2, -0.15) is 0 Å². The number of ether oxygens (including phenoxy) is 2. The van der Waals surface area contributed by atoms with Crippen molar-refractivity contribution in [3.63, 3.8) is 0 Å². The molecule has 0 N–H and O–H groups in total. The fourth-order valence-corrected chi connectivity index (χ4v) is 6.62. The number of unbranched alkanes of at least 4 members (excludes halogenated alkanes) is 19. The van der Waals surface area contributed by atoms with E-state index in [4.69, 9.17) is 18.5 Å². The molecule has 0 aliphatic rings. The van der Waals surface area contributed by atoms with Crippen molar-refractivity contribution in [1.82, 2.24) is 0 Å². The van der Waals surface area contributed by atoms with Crippen LogP contribution in [-0.4, -0.2) is 70.7 Å². The summed E-state index contributed by atoms with van der Waals surface area (Å²) < 4.78 is 34.5. The van der Waals surface area contributed by atoms with Crippen LogP contribution in [0, 0.1) is 0 Å². The SMILES string of the molecule is CCCCC/C=C/C/C=C/C/C=C/C/C=C/CCCC(=O)O[C@H](COCCCCCCCCCCCCCCCCCC)COP(=O)([O-])OCC[N+](C)(C)C. The lowest BCUT2D eigenvalue weighted by Gasteiger charge is -2.28. The van der Waals surface area contributed by atoms with Gasteiger partial charge in [-0.3, -0.25) is 9.36 Å². The summed E-state index contributed by atoms with van der Waals surface area (Å²) in [4.78, 5) is 25.0. The molecule has 0 rings (SSSR count). The zero-order valence-electron chi connectivity index (χ0n) is 36.4. The maximum Gasteiger partial charge on any atom is 0.306 e. The van der Waals surface area contributed by atoms with Crippen molar-refractivity contribution in [1.29, 1.82) is 0 Å². The van der Waals surface area contributed by atoms with Gasteiger partial charge in [-0.25, -0.2) is 0 Å². The van der Waals surface area contributed by atoms with Crippen molar-refractivity contribution >= 4 is 13.8 Å². The number of esters is 1. The van der Waals surface area contributed by atoms with E-state index in [1.807, 2.05) is 21.1 Å². The summed E-state index contributed by atoms with van der Waals surface area (Å²) in [6.45, 7) is 5.32. The number of phosphoric acid groups is 1. The highest BCUT2D eigenvalue weighted by atomic mass is 31.2. The third-order valence-electron chi connectivity index (χ3n) is 9.38. The molecule has 9 heteroatoms. The number of likely N-dealkylation sites (N-methyl/N-ethyl adjacent to an activating group) is 1. The minimum Gasteiger partial charge on any atom is -0.756 e. The minimum absolute atomic E-state index is 0.0158. The number of allylic oxidation sites excluding steroid dienone is 8. The van der Waals surface area contributed by atoms with E-state index in [2.05, 4.69) is 62.5 Å². The Kier molecular flexibility index (Phi) is 38.2. The normalized spacial score (nSPS) is 14.2. The van der Waals surface area contributed by atoms with Gasteiger partial charge < -0.3 is 27.9 Å². The smallest absolute Gasteiger partial charge is 0.306 e. The van der Waals surface area contributed by atoms with Crippen molar-refractivity contribution in [2.45, 2.75) is 187 Å². The van der Waals surface area contributed by atoms with E-state index in [1.54, 1.807) is 0 Å². The van der Waals surface area contributed by atoms with E-state index >= 15 is 0 Å². The molecule has 0 saturated heterocycles. The molecule has 1 unspecified atom stereocenters. The molecule has 322 valence electrons. The van der Waals surface area contributed by atoms with E-state index < -0.39 is 13.9 Å². The van der Waals surface area contributed by atoms with Crippen LogP contribution in [0.15, 0.2) is 48.6 Å². The van der Waals surface area contributed by atoms with Gasteiger partial charge in [0.25, 0.3) is 7.82 Å². The lowest BCUT2D eigenvalue weighted by molar-refractivity contribution is -0.870. The van der Waals surface area contributed by atoms with Crippen LogP contribution in [0.1, 0.15) is 181 Å². The van der Waals surface area contributed by atoms with Crippen LogP contribution in [0.3, 0.4) is 0 Å². The Morgan fingerprint density at radius 3 is 1.49 bits per heavy atom. The Morgan fingerprint density at radius 1 is 0.564 bits per heavy atom. The van der Waals surface area contributed by atoms with Crippen LogP contribution >= 0.6 is 7.82 Å². The Morgan fingerprint density at radius 2 is 1.00 bits per heavy atom. The molecule has 0 spiro atoms. The molecular formula is C46H86NO7P. The number of carbonyl (C=O) groups is 1. The molecule has 0 amide bonds. The van der Waals surface area contributed by atoms with Crippen molar-refractivity contribution < 1.29 is 37.3 Å². The van der Waals surface area contributed by atoms with Gasteiger partial charge >= 0.3 is 5.97 Å². The standard InChI is InChI=1S/C46H86NO7P/c1-6-8-10-12-14-16-18-20-22-24-25-27-29-31-33-35-37-39-46(48)54-45(44-53-55(49,50)52-42-40-47(3,4)5)43-51-41-38-36-34-32-30-28-26-23-21-19-17-15-13-11-9-7-2/h14,16,20,22,25,27,31,33,45H,6-13,15,17-19,21,23-24,26,28-30,32,34-44H2,1-5H3/b16-14+,22-20+,27-25+,33-31+/t45-/m1/s1. The molecule has 0 aromatic rings. The van der Waals surface area contributed by atoms with Crippen LogP contribution < -0.4 is 4.89 Å². The summed E-state index contributed by atoms with van der Waals surface area (Å²) in [5.41, 5.74) is 0. The maximum atomic E-state index is 12.7. The van der Waals surface area contributed by atoms with Gasteiger partial charge in [-0.15, -0.1) is 0 Å². The van der Waals surface area contributed by atoms with Crippen molar-refractivity contribution in [3.05, 3.63) is 48.6 Å². The van der Waals surface area contributed by atoms with Crippen molar-refractivity contribution in [3.8, 4) is 0 Å². The zero-order chi connectivity index (χ0) is 40.6. The maximum absolute atomic E-state index is 12.7. The molecule has 8 nitrogen and oxygen atoms in total. The van der Waals surface area contributed by atoms with Gasteiger partial charge in [0, 0.05) is 13.0 Å². The van der Waals surface area contributed by atoms with Crippen LogP contribution in [0.2, 0.25) is 0 Å². The summed E-state index contributed by atoms with van der Waals surface area (Å²) >= 11 is 0. The van der Waals surface area contributed by atoms with Crippen LogP contribution in [0.5, 0.6) is 0 Å². The molecule has 0 bridgehead atoms. The predicted octanol–water partition coefficient (Wildman–Crippen LogP) is 12.5. The lowest BCUT2D eigenvalue weighted by Crippen LogP contribution is -2.37. The lowest BCUT2D eigenvalue weighted by atomic mass is 10.0. The molecule has 0 radical (unpaired) electrons. The van der Waals surface area contributed by atoms with Crippen LogP contribution in [0.4, 0.5) is 0 Å². The second-order valence-corrected chi connectivity index (χ2v) is 17.5. The molecular weight excluding hydrogens is 709 g/mol. The first-order valence-corrected chi connectivity index (χ1v) is 23.8. The number of hydrogen-bond donors (Lipinski definition) is 0. The first kappa shape index (κ1) is 53.5. The van der Waals surface area contributed by atoms with Crippen LogP contribution in [-0.2, 0) is 27.9 Å². The summed E-state index contributed by atoms with van der Waals surface area (Å²) in [7, 11) is 1.32. The zero-order valence-corrected chi connectivity index (χ0v) is 37.3.